The number of hydrogen-bond donors (Lipinski definition) is 6. The summed E-state index contributed by atoms with van der Waals surface area (Å²) in [6, 6.07) is 2.75. The Labute approximate surface area is 158 Å². The molecule has 1 fully saturated rings. The molecule has 0 spiro atoms. The zero-order valence-electron chi connectivity index (χ0n) is 14.6. The number of phenols is 1. The number of nitrogens with two attached hydrogens (primary N) is 2. The van der Waals surface area contributed by atoms with E-state index in [-0.39, 0.29) is 36.1 Å². The Kier molecular flexibility index (Phi) is 3.60. The van der Waals surface area contributed by atoms with E-state index in [0.29, 0.717) is 11.3 Å². The van der Waals surface area contributed by atoms with Crippen molar-refractivity contribution in [3.8, 4) is 5.75 Å². The number of amides is 1. The molecule has 1 saturated carbocycles. The van der Waals surface area contributed by atoms with E-state index >= 15 is 0 Å². The maximum atomic E-state index is 13.2. The Balaban J connectivity index is 1.95. The van der Waals surface area contributed by atoms with Crippen molar-refractivity contribution in [3.63, 3.8) is 0 Å². The molecule has 0 radical (unpaired) electrons. The fraction of sp³-hybridized carbons (Fsp3) is 0.316. The number of primary amides is 1. The molecule has 0 saturated heterocycles. The summed E-state index contributed by atoms with van der Waals surface area (Å²) in [5.74, 6) is -6.51. The number of aliphatic hydroxyl groups is 3. The lowest BCUT2D eigenvalue weighted by Gasteiger charge is -2.46. The highest BCUT2D eigenvalue weighted by molar-refractivity contribution is 6.22. The Hall–Kier alpha value is -3.33. The average Bonchev–Trinajstić information content (AvgIpc) is 2.61. The number of ketones is 2. The first-order valence-electron chi connectivity index (χ1n) is 8.66. The predicted molar refractivity (Wildman–Crippen MR) is 95.8 cm³/mol. The summed E-state index contributed by atoms with van der Waals surface area (Å²) in [5, 5.41) is 42.3. The van der Waals surface area contributed by atoms with E-state index in [9.17, 15) is 34.8 Å². The number of aliphatic hydroxyl groups excluding tert-OH is 2. The van der Waals surface area contributed by atoms with Gasteiger partial charge in [-0.2, -0.15) is 0 Å². The summed E-state index contributed by atoms with van der Waals surface area (Å²) < 4.78 is 0. The fourth-order valence-corrected chi connectivity index (χ4v) is 4.65. The van der Waals surface area contributed by atoms with Crippen molar-refractivity contribution in [1.82, 2.24) is 0 Å². The van der Waals surface area contributed by atoms with Crippen LogP contribution >= 0.6 is 0 Å². The maximum absolute atomic E-state index is 13.2. The number of rotatable bonds is 1. The van der Waals surface area contributed by atoms with E-state index < -0.39 is 52.0 Å². The monoisotopic (exact) mass is 386 g/mol. The summed E-state index contributed by atoms with van der Waals surface area (Å²) in [7, 11) is 0. The molecule has 4 rings (SSSR count). The number of benzene rings is 1. The van der Waals surface area contributed by atoms with Crippen LogP contribution in [0.2, 0.25) is 0 Å². The molecule has 28 heavy (non-hydrogen) atoms. The molecule has 3 aliphatic rings. The Morgan fingerprint density at radius 3 is 2.46 bits per heavy atom. The van der Waals surface area contributed by atoms with Crippen molar-refractivity contribution in [2.45, 2.75) is 24.9 Å². The van der Waals surface area contributed by atoms with Crippen LogP contribution in [0, 0.1) is 11.8 Å². The second-order valence-electron chi connectivity index (χ2n) is 7.43. The summed E-state index contributed by atoms with van der Waals surface area (Å²) in [4.78, 5) is 36.9. The van der Waals surface area contributed by atoms with Crippen LogP contribution in [0.1, 0.15) is 24.0 Å². The summed E-state index contributed by atoms with van der Waals surface area (Å²) in [5.41, 5.74) is 8.31. The van der Waals surface area contributed by atoms with Gasteiger partial charge in [0.05, 0.1) is 5.56 Å². The summed E-state index contributed by atoms with van der Waals surface area (Å²) in [6.07, 6.45) is -0.0653. The van der Waals surface area contributed by atoms with Gasteiger partial charge in [0.15, 0.2) is 11.4 Å². The lowest BCUT2D eigenvalue weighted by Crippen LogP contribution is -2.58. The van der Waals surface area contributed by atoms with Gasteiger partial charge in [-0.15, -0.1) is 0 Å². The van der Waals surface area contributed by atoms with Crippen molar-refractivity contribution in [3.05, 3.63) is 40.2 Å². The first-order valence-corrected chi connectivity index (χ1v) is 8.66. The number of hydrogen-bond acceptors (Lipinski definition) is 8. The van der Waals surface area contributed by atoms with Crippen molar-refractivity contribution in [1.29, 1.82) is 0 Å². The predicted octanol–water partition coefficient (Wildman–Crippen LogP) is 0.00610. The third kappa shape index (κ3) is 2.07. The van der Waals surface area contributed by atoms with E-state index in [1.807, 2.05) is 0 Å². The number of carbonyl (C=O) groups excluding carboxylic acids is 3. The SMILES string of the molecule is NC(=O)C1=C(O)[C@@]2(O)C(=O)C3=C(O)c4c(O)ccc(N)c4C[C@H]3C[C@H]2CC1=O. The molecule has 0 unspecified atom stereocenters. The van der Waals surface area contributed by atoms with Gasteiger partial charge in [-0.1, -0.05) is 0 Å². The number of phenolic OH excluding ortho intramolecular Hbond substituents is 1. The second-order valence-corrected chi connectivity index (χ2v) is 7.43. The van der Waals surface area contributed by atoms with Crippen LogP contribution < -0.4 is 11.5 Å². The molecule has 1 aromatic rings. The molecule has 0 aliphatic heterocycles. The normalized spacial score (nSPS) is 29.3. The highest BCUT2D eigenvalue weighted by Gasteiger charge is 2.60. The summed E-state index contributed by atoms with van der Waals surface area (Å²) in [6.45, 7) is 0. The minimum absolute atomic E-state index is 0.00729. The van der Waals surface area contributed by atoms with Gasteiger partial charge in [0, 0.05) is 23.6 Å². The lowest BCUT2D eigenvalue weighted by atomic mass is 9.59. The lowest BCUT2D eigenvalue weighted by molar-refractivity contribution is -0.147. The molecule has 9 heteroatoms. The van der Waals surface area contributed by atoms with Gasteiger partial charge in [0.25, 0.3) is 5.91 Å². The molecule has 0 heterocycles. The van der Waals surface area contributed by atoms with Crippen LogP contribution in [0.5, 0.6) is 5.75 Å². The average molecular weight is 386 g/mol. The van der Waals surface area contributed by atoms with Crippen LogP contribution in [0.15, 0.2) is 29.0 Å². The number of aromatic hydroxyl groups is 1. The Morgan fingerprint density at radius 2 is 1.82 bits per heavy atom. The molecule has 0 bridgehead atoms. The Bertz CT molecular complexity index is 1040. The highest BCUT2D eigenvalue weighted by atomic mass is 16.3. The molecule has 146 valence electrons. The number of nitrogen functional groups attached to an aromatic ring is 1. The molecule has 8 N–H and O–H groups in total. The quantitative estimate of drug-likeness (QED) is 0.221. The topological polar surface area (TPSA) is 184 Å². The zero-order valence-corrected chi connectivity index (χ0v) is 14.6. The molecule has 1 aromatic carbocycles. The van der Waals surface area contributed by atoms with Crippen LogP contribution in [0.25, 0.3) is 5.76 Å². The van der Waals surface area contributed by atoms with Gasteiger partial charge in [0.2, 0.25) is 5.78 Å². The standard InChI is InChI=1S/C19H18N2O7/c20-9-1-2-10(22)13-8(9)4-6-3-7-5-11(23)14(18(21)27)17(26)19(7,28)16(25)12(6)15(13)24/h1-2,6-7,22,24,26,28H,3-5,20H2,(H2,21,27)/t6-,7+,19+/m1/s1. The van der Waals surface area contributed by atoms with E-state index in [1.54, 1.807) is 0 Å². The molecule has 3 atom stereocenters. The molecular formula is C19H18N2O7. The van der Waals surface area contributed by atoms with Crippen LogP contribution in [0.4, 0.5) is 5.69 Å². The number of anilines is 1. The Morgan fingerprint density at radius 1 is 1.14 bits per heavy atom. The number of Topliss-reactive ketones (excluding diaryl/α,β-unsaturated/α-hetero) is 2. The van der Waals surface area contributed by atoms with Gasteiger partial charge < -0.3 is 31.9 Å². The van der Waals surface area contributed by atoms with Crippen molar-refractivity contribution >= 4 is 28.9 Å². The third-order valence-electron chi connectivity index (χ3n) is 5.98. The van der Waals surface area contributed by atoms with Gasteiger partial charge >= 0.3 is 0 Å². The van der Waals surface area contributed by atoms with Gasteiger partial charge in [0.1, 0.15) is 22.8 Å². The van der Waals surface area contributed by atoms with E-state index in [2.05, 4.69) is 0 Å². The maximum Gasteiger partial charge on any atom is 0.255 e. The van der Waals surface area contributed by atoms with Gasteiger partial charge in [-0.25, -0.2) is 0 Å². The van der Waals surface area contributed by atoms with Crippen LogP contribution in [0.3, 0.4) is 0 Å². The molecule has 9 nitrogen and oxygen atoms in total. The second kappa shape index (κ2) is 5.59. The van der Waals surface area contributed by atoms with Crippen molar-refractivity contribution in [2.75, 3.05) is 5.73 Å². The smallest absolute Gasteiger partial charge is 0.255 e. The van der Waals surface area contributed by atoms with Gasteiger partial charge in [-0.3, -0.25) is 14.4 Å². The van der Waals surface area contributed by atoms with E-state index in [0.717, 1.165) is 0 Å². The first kappa shape index (κ1) is 18.1. The minimum Gasteiger partial charge on any atom is -0.508 e. The largest absolute Gasteiger partial charge is 0.508 e. The van der Waals surface area contributed by atoms with Crippen molar-refractivity contribution < 1.29 is 34.8 Å². The van der Waals surface area contributed by atoms with Crippen molar-refractivity contribution in [2.24, 2.45) is 17.6 Å². The third-order valence-corrected chi connectivity index (χ3v) is 5.98. The summed E-state index contributed by atoms with van der Waals surface area (Å²) >= 11 is 0. The molecule has 0 aromatic heterocycles. The molecule has 1 amide bonds. The number of carbonyl (C=O) groups is 3. The number of fused-ring (bicyclic) bond motifs is 3. The molecule has 3 aliphatic carbocycles. The fourth-order valence-electron chi connectivity index (χ4n) is 4.65. The minimum atomic E-state index is -2.55. The zero-order chi connectivity index (χ0) is 20.5. The first-order chi connectivity index (χ1) is 13.1. The molecular weight excluding hydrogens is 368 g/mol. The van der Waals surface area contributed by atoms with E-state index in [4.69, 9.17) is 11.5 Å². The highest BCUT2D eigenvalue weighted by Crippen LogP contribution is 2.52. The van der Waals surface area contributed by atoms with Gasteiger partial charge in [-0.05, 0) is 36.5 Å². The van der Waals surface area contributed by atoms with Crippen LogP contribution in [-0.2, 0) is 20.8 Å². The van der Waals surface area contributed by atoms with Crippen LogP contribution in [-0.4, -0.2) is 43.5 Å². The van der Waals surface area contributed by atoms with E-state index in [1.165, 1.54) is 12.1 Å².